The Kier molecular flexibility index (Phi) is 8.50. The van der Waals surface area contributed by atoms with Gasteiger partial charge < -0.3 is 29.8 Å². The summed E-state index contributed by atoms with van der Waals surface area (Å²) in [7, 11) is 3.53. The molecule has 1 fully saturated rings. The van der Waals surface area contributed by atoms with Crippen molar-refractivity contribution in [2.45, 2.75) is 44.6 Å². The number of hydrogen-bond acceptors (Lipinski definition) is 6. The van der Waals surface area contributed by atoms with Crippen LogP contribution in [-0.4, -0.2) is 60.7 Å². The van der Waals surface area contributed by atoms with Gasteiger partial charge in [-0.3, -0.25) is 19.2 Å². The molecule has 10 nitrogen and oxygen atoms in total. The summed E-state index contributed by atoms with van der Waals surface area (Å²) in [4.78, 5) is 49.4. The van der Waals surface area contributed by atoms with Gasteiger partial charge >= 0.3 is 0 Å². The minimum absolute atomic E-state index is 0.0354. The van der Waals surface area contributed by atoms with Gasteiger partial charge in [-0.1, -0.05) is 49.4 Å². The Labute approximate surface area is 266 Å². The van der Waals surface area contributed by atoms with Gasteiger partial charge in [0.05, 0.1) is 33.5 Å². The number of ether oxygens (including phenoxy) is 1. The Hall–Kier alpha value is -4.80. The Morgan fingerprint density at radius 3 is 2.26 bits per heavy atom. The van der Waals surface area contributed by atoms with E-state index in [2.05, 4.69) is 31.7 Å². The van der Waals surface area contributed by atoms with Crippen molar-refractivity contribution in [1.82, 2.24) is 25.1 Å². The first-order valence-corrected chi connectivity index (χ1v) is 15.7. The minimum atomic E-state index is -1.03. The molecule has 3 unspecified atom stereocenters. The fourth-order valence-electron chi connectivity index (χ4n) is 7.47. The van der Waals surface area contributed by atoms with E-state index in [1.807, 2.05) is 62.5 Å². The second-order valence-corrected chi connectivity index (χ2v) is 11.9. The van der Waals surface area contributed by atoms with Crippen molar-refractivity contribution in [3.63, 3.8) is 0 Å². The van der Waals surface area contributed by atoms with Crippen molar-refractivity contribution >= 4 is 68.0 Å². The number of allylic oxidation sites excluding steroid dienone is 1. The molecule has 0 saturated carbocycles. The zero-order valence-corrected chi connectivity index (χ0v) is 26.4. The smallest absolute Gasteiger partial charge is 0.252 e. The number of benzene rings is 3. The van der Waals surface area contributed by atoms with Crippen LogP contribution in [0.2, 0.25) is 0 Å². The van der Waals surface area contributed by atoms with E-state index < -0.39 is 17.9 Å². The lowest BCUT2D eigenvalue weighted by molar-refractivity contribution is -0.144. The summed E-state index contributed by atoms with van der Waals surface area (Å²) >= 11 is 0. The number of carbonyl (C=O) groups is 4. The maximum atomic E-state index is 13.9. The van der Waals surface area contributed by atoms with E-state index in [1.165, 1.54) is 6.08 Å². The average Bonchev–Trinajstić information content (AvgIpc) is 3.70. The van der Waals surface area contributed by atoms with E-state index >= 15 is 0 Å². The highest BCUT2D eigenvalue weighted by atomic mass is 16.5. The van der Waals surface area contributed by atoms with Crippen LogP contribution >= 0.6 is 0 Å². The first-order chi connectivity index (χ1) is 22.4. The van der Waals surface area contributed by atoms with E-state index in [1.54, 1.807) is 7.05 Å². The van der Waals surface area contributed by atoms with Crippen molar-refractivity contribution in [3.05, 3.63) is 72.3 Å². The summed E-state index contributed by atoms with van der Waals surface area (Å²) in [5.41, 5.74) is 3.10. The van der Waals surface area contributed by atoms with Crippen molar-refractivity contribution in [3.8, 4) is 0 Å². The molecule has 4 heterocycles. The Balaban J connectivity index is 0.000000879. The maximum Gasteiger partial charge on any atom is 0.252 e. The van der Waals surface area contributed by atoms with Gasteiger partial charge in [-0.15, -0.1) is 0 Å². The van der Waals surface area contributed by atoms with Gasteiger partial charge in [0, 0.05) is 47.1 Å². The Morgan fingerprint density at radius 1 is 0.957 bits per heavy atom. The topological polar surface area (TPSA) is 123 Å². The molecule has 46 heavy (non-hydrogen) atoms. The second kappa shape index (κ2) is 12.5. The molecule has 2 bridgehead atoms. The average molecular weight is 622 g/mol. The van der Waals surface area contributed by atoms with E-state index in [0.29, 0.717) is 35.8 Å². The molecule has 5 aromatic rings. The highest BCUT2D eigenvalue weighted by Crippen LogP contribution is 2.55. The fraction of sp³-hybridized carbons (Fsp3) is 0.333. The number of para-hydroxylation sites is 2. The highest BCUT2D eigenvalue weighted by Gasteiger charge is 2.54. The number of fused-ring (bicyclic) bond motifs is 10. The van der Waals surface area contributed by atoms with Crippen molar-refractivity contribution < 1.29 is 23.9 Å². The van der Waals surface area contributed by atoms with Crippen LogP contribution in [0.25, 0.3) is 43.6 Å². The quantitative estimate of drug-likeness (QED) is 0.112. The lowest BCUT2D eigenvalue weighted by Crippen LogP contribution is -2.44. The molecule has 2 aromatic heterocycles. The number of hydrogen-bond donors (Lipinski definition) is 3. The standard InChI is InChI=1S/C33H35N5O4.C3H4O/c1-33-22(31(40)36-16-10-4-9-15-34-2)17-25(42-33)37-23-13-7-5-11-19(23)26-21(18-39)28(32(41)35-3)27-20-12-6-8-14-24(20)38(33)30(27)29(26)37;1-2-3-4/h5-8,11-14,18,22,25,34H,4,9-10,15-17H2,1-3H3,(H,35,41)(H,36,40);2-3H,1H2. The number of unbranched alkanes of at least 4 members (excludes halogenated alkanes) is 2. The zero-order chi connectivity index (χ0) is 32.6. The number of aromatic nitrogens is 2. The first kappa shape index (κ1) is 31.2. The number of nitrogens with one attached hydrogen (secondary N) is 3. The number of rotatable bonds is 10. The van der Waals surface area contributed by atoms with Gasteiger partial charge in [-0.05, 0) is 51.6 Å². The zero-order valence-electron chi connectivity index (χ0n) is 26.4. The molecule has 238 valence electrons. The van der Waals surface area contributed by atoms with Crippen LogP contribution in [-0.2, 0) is 20.1 Å². The van der Waals surface area contributed by atoms with Crippen LogP contribution in [0.4, 0.5) is 0 Å². The van der Waals surface area contributed by atoms with E-state index in [-0.39, 0.29) is 11.8 Å². The number of nitrogens with zero attached hydrogens (tertiary/aromatic N) is 2. The van der Waals surface area contributed by atoms with Crippen LogP contribution in [0.3, 0.4) is 0 Å². The van der Waals surface area contributed by atoms with Crippen LogP contribution in [0.15, 0.2) is 61.2 Å². The largest absolute Gasteiger partial charge is 0.356 e. The molecule has 3 aromatic carbocycles. The summed E-state index contributed by atoms with van der Waals surface area (Å²) in [6.07, 6.45) is 5.70. The molecule has 3 N–H and O–H groups in total. The summed E-state index contributed by atoms with van der Waals surface area (Å²) < 4.78 is 11.2. The summed E-state index contributed by atoms with van der Waals surface area (Å²) in [6.45, 7) is 6.67. The summed E-state index contributed by atoms with van der Waals surface area (Å²) in [5.74, 6) is -0.837. The predicted octanol–water partition coefficient (Wildman–Crippen LogP) is 5.17. The monoisotopic (exact) mass is 621 g/mol. The van der Waals surface area contributed by atoms with Crippen LogP contribution in [0, 0.1) is 5.92 Å². The molecule has 2 aliphatic rings. The summed E-state index contributed by atoms with van der Waals surface area (Å²) in [5, 5.41) is 12.3. The van der Waals surface area contributed by atoms with Crippen LogP contribution in [0.5, 0.6) is 0 Å². The van der Waals surface area contributed by atoms with Crippen LogP contribution in [0.1, 0.15) is 59.6 Å². The van der Waals surface area contributed by atoms with Crippen molar-refractivity contribution in [2.75, 3.05) is 27.2 Å². The second-order valence-electron chi connectivity index (χ2n) is 11.9. The van der Waals surface area contributed by atoms with Gasteiger partial charge in [-0.25, -0.2) is 0 Å². The molecular formula is C36H39N5O5. The fourth-order valence-corrected chi connectivity index (χ4v) is 7.47. The SMILES string of the molecule is C=CC=O.CNCCCCCNC(=O)C1CC2OC1(C)n1c3ccccc3c3c(C(=O)NC)c(C=O)c4c5ccccc5n2c4c31. The first-order valence-electron chi connectivity index (χ1n) is 15.7. The van der Waals surface area contributed by atoms with E-state index in [9.17, 15) is 14.4 Å². The molecule has 0 aliphatic carbocycles. The van der Waals surface area contributed by atoms with E-state index in [4.69, 9.17) is 9.53 Å². The Morgan fingerprint density at radius 2 is 1.61 bits per heavy atom. The van der Waals surface area contributed by atoms with Crippen molar-refractivity contribution in [1.29, 1.82) is 0 Å². The third-order valence-electron chi connectivity index (χ3n) is 9.38. The van der Waals surface area contributed by atoms with Gasteiger partial charge in [0.2, 0.25) is 5.91 Å². The number of aldehydes is 2. The lowest BCUT2D eigenvalue weighted by atomic mass is 9.92. The molecule has 2 amide bonds. The molecule has 3 atom stereocenters. The Bertz CT molecular complexity index is 2020. The van der Waals surface area contributed by atoms with E-state index in [0.717, 1.165) is 70.3 Å². The molecule has 0 spiro atoms. The third-order valence-corrected chi connectivity index (χ3v) is 9.38. The summed E-state index contributed by atoms with van der Waals surface area (Å²) in [6, 6.07) is 15.8. The molecule has 10 heteroatoms. The molecule has 2 aliphatic heterocycles. The van der Waals surface area contributed by atoms with Gasteiger partial charge in [-0.2, -0.15) is 0 Å². The van der Waals surface area contributed by atoms with Gasteiger partial charge in [0.15, 0.2) is 12.0 Å². The number of carbonyl (C=O) groups excluding carboxylic acids is 4. The highest BCUT2D eigenvalue weighted by molar-refractivity contribution is 6.33. The van der Waals surface area contributed by atoms with Gasteiger partial charge in [0.25, 0.3) is 5.91 Å². The van der Waals surface area contributed by atoms with Crippen LogP contribution < -0.4 is 16.0 Å². The van der Waals surface area contributed by atoms with Crippen molar-refractivity contribution in [2.24, 2.45) is 5.92 Å². The molecular weight excluding hydrogens is 582 g/mol. The lowest BCUT2D eigenvalue weighted by Gasteiger charge is -2.32. The minimum Gasteiger partial charge on any atom is -0.356 e. The molecule has 1 saturated heterocycles. The normalized spacial score (nSPS) is 19.6. The molecule has 7 rings (SSSR count). The molecule has 0 radical (unpaired) electrons. The van der Waals surface area contributed by atoms with Gasteiger partial charge in [0.1, 0.15) is 12.5 Å². The maximum absolute atomic E-state index is 13.9. The number of amides is 2. The predicted molar refractivity (Wildman–Crippen MR) is 180 cm³/mol. The third kappa shape index (κ3) is 4.63.